The molecule has 0 radical (unpaired) electrons. The number of hydrogen-bond acceptors (Lipinski definition) is 5. The Kier molecular flexibility index (Phi) is 6.45. The number of hydrazone groups is 1. The molecule has 6 heteroatoms. The topological polar surface area (TPSA) is 63.2 Å². The van der Waals surface area contributed by atoms with E-state index in [0.29, 0.717) is 5.75 Å². The van der Waals surface area contributed by atoms with Crippen molar-refractivity contribution in [1.82, 2.24) is 5.43 Å². The van der Waals surface area contributed by atoms with Crippen molar-refractivity contribution in [3.8, 4) is 11.5 Å². The Hall–Kier alpha value is -3.28. The molecule has 0 atom stereocenters. The fraction of sp³-hybridized carbons (Fsp3) is 0.333. The third-order valence-corrected chi connectivity index (χ3v) is 5.15. The van der Waals surface area contributed by atoms with Gasteiger partial charge in [-0.2, -0.15) is 5.10 Å². The van der Waals surface area contributed by atoms with Crippen LogP contribution >= 0.6 is 0 Å². The maximum Gasteiger partial charge on any atom is 0.277 e. The maximum atomic E-state index is 12.0. The van der Waals surface area contributed by atoms with E-state index in [4.69, 9.17) is 9.47 Å². The molecule has 30 heavy (non-hydrogen) atoms. The molecule has 1 amide bonds. The Morgan fingerprint density at radius 3 is 2.53 bits per heavy atom. The van der Waals surface area contributed by atoms with E-state index >= 15 is 0 Å². The number of allylic oxidation sites excluding steroid dienone is 1. The zero-order valence-electron chi connectivity index (χ0n) is 18.2. The standard InChI is InChI=1S/C24H29N3O3/c1-6-27-22-12-7-18(13-21(22)17(2)14-24(27,3)4)15-25-26-23(28)16-30-20-10-8-19(29-5)9-11-20/h7-15H,6,16H2,1-5H3,(H,26,28)/b25-15+. The molecule has 0 unspecified atom stereocenters. The summed E-state index contributed by atoms with van der Waals surface area (Å²) in [5.74, 6) is 1.00. The van der Waals surface area contributed by atoms with Gasteiger partial charge in [0.05, 0.1) is 18.9 Å². The van der Waals surface area contributed by atoms with Crippen molar-refractivity contribution >= 4 is 23.4 Å². The number of rotatable bonds is 7. The van der Waals surface area contributed by atoms with Crippen LogP contribution in [-0.2, 0) is 4.79 Å². The lowest BCUT2D eigenvalue weighted by atomic mass is 9.88. The van der Waals surface area contributed by atoms with Crippen LogP contribution < -0.4 is 19.8 Å². The first-order valence-corrected chi connectivity index (χ1v) is 10.0. The molecule has 1 aliphatic rings. The molecule has 0 spiro atoms. The lowest BCUT2D eigenvalue weighted by molar-refractivity contribution is -0.123. The highest BCUT2D eigenvalue weighted by Gasteiger charge is 2.29. The van der Waals surface area contributed by atoms with Gasteiger partial charge in [-0.05, 0) is 75.2 Å². The molecular weight excluding hydrogens is 378 g/mol. The fourth-order valence-corrected chi connectivity index (χ4v) is 3.79. The van der Waals surface area contributed by atoms with E-state index in [2.05, 4.69) is 61.3 Å². The lowest BCUT2D eigenvalue weighted by Gasteiger charge is -2.42. The first-order chi connectivity index (χ1) is 14.3. The van der Waals surface area contributed by atoms with Gasteiger partial charge < -0.3 is 14.4 Å². The van der Waals surface area contributed by atoms with Crippen LogP contribution in [0.15, 0.2) is 53.6 Å². The third kappa shape index (κ3) is 4.82. The minimum atomic E-state index is -0.324. The van der Waals surface area contributed by atoms with E-state index in [1.165, 1.54) is 16.8 Å². The van der Waals surface area contributed by atoms with Gasteiger partial charge in [0, 0.05) is 17.8 Å². The number of fused-ring (bicyclic) bond motifs is 1. The fourth-order valence-electron chi connectivity index (χ4n) is 3.79. The van der Waals surface area contributed by atoms with Gasteiger partial charge in [-0.3, -0.25) is 4.79 Å². The predicted octanol–water partition coefficient (Wildman–Crippen LogP) is 4.25. The number of hydrogen-bond donors (Lipinski definition) is 1. The Morgan fingerprint density at radius 2 is 1.87 bits per heavy atom. The van der Waals surface area contributed by atoms with Crippen molar-refractivity contribution in [2.45, 2.75) is 33.2 Å². The van der Waals surface area contributed by atoms with Crippen molar-refractivity contribution in [2.24, 2.45) is 5.10 Å². The molecule has 0 saturated heterocycles. The number of ether oxygens (including phenoxy) is 2. The number of amides is 1. The summed E-state index contributed by atoms with van der Waals surface area (Å²) >= 11 is 0. The van der Waals surface area contributed by atoms with Crippen molar-refractivity contribution in [2.75, 3.05) is 25.2 Å². The molecule has 1 heterocycles. The Morgan fingerprint density at radius 1 is 1.17 bits per heavy atom. The summed E-state index contributed by atoms with van der Waals surface area (Å²) in [5.41, 5.74) is 7.06. The number of anilines is 1. The van der Waals surface area contributed by atoms with Crippen molar-refractivity contribution < 1.29 is 14.3 Å². The summed E-state index contributed by atoms with van der Waals surface area (Å²) in [6.45, 7) is 9.56. The van der Waals surface area contributed by atoms with Crippen molar-refractivity contribution in [3.63, 3.8) is 0 Å². The van der Waals surface area contributed by atoms with Gasteiger partial charge in [-0.15, -0.1) is 0 Å². The molecule has 6 nitrogen and oxygen atoms in total. The Bertz CT molecular complexity index is 962. The normalized spacial score (nSPS) is 14.8. The lowest BCUT2D eigenvalue weighted by Crippen LogP contribution is -2.44. The first kappa shape index (κ1) is 21.4. The molecule has 1 aliphatic heterocycles. The van der Waals surface area contributed by atoms with Gasteiger partial charge in [0.2, 0.25) is 0 Å². The maximum absolute atomic E-state index is 12.0. The van der Waals surface area contributed by atoms with E-state index in [-0.39, 0.29) is 18.1 Å². The van der Waals surface area contributed by atoms with E-state index in [0.717, 1.165) is 17.9 Å². The zero-order chi connectivity index (χ0) is 21.7. The van der Waals surface area contributed by atoms with E-state index < -0.39 is 0 Å². The van der Waals surface area contributed by atoms with Crippen LogP contribution in [0.4, 0.5) is 5.69 Å². The number of carbonyl (C=O) groups excluding carboxylic acids is 1. The summed E-state index contributed by atoms with van der Waals surface area (Å²) in [5, 5.41) is 4.07. The van der Waals surface area contributed by atoms with E-state index in [9.17, 15) is 4.79 Å². The molecule has 0 bridgehead atoms. The predicted molar refractivity (Wildman–Crippen MR) is 121 cm³/mol. The van der Waals surface area contributed by atoms with Crippen LogP contribution in [0.25, 0.3) is 5.57 Å². The third-order valence-electron chi connectivity index (χ3n) is 5.15. The smallest absolute Gasteiger partial charge is 0.277 e. The van der Waals surface area contributed by atoms with Gasteiger partial charge in [0.15, 0.2) is 6.61 Å². The molecule has 0 saturated carbocycles. The summed E-state index contributed by atoms with van der Waals surface area (Å²) in [7, 11) is 1.60. The van der Waals surface area contributed by atoms with Gasteiger partial charge >= 0.3 is 0 Å². The molecule has 0 aliphatic carbocycles. The molecular formula is C24H29N3O3. The molecule has 0 fully saturated rings. The molecule has 2 aromatic carbocycles. The Balaban J connectivity index is 1.60. The van der Waals surface area contributed by atoms with E-state index in [1.807, 2.05) is 6.07 Å². The second-order valence-electron chi connectivity index (χ2n) is 7.76. The number of nitrogens with zero attached hydrogens (tertiary/aromatic N) is 2. The van der Waals surface area contributed by atoms with Gasteiger partial charge in [-0.25, -0.2) is 5.43 Å². The largest absolute Gasteiger partial charge is 0.497 e. The number of benzene rings is 2. The van der Waals surface area contributed by atoms with Crippen molar-refractivity contribution in [3.05, 3.63) is 59.7 Å². The van der Waals surface area contributed by atoms with Crippen LogP contribution in [0.3, 0.4) is 0 Å². The van der Waals surface area contributed by atoms with Gasteiger partial charge in [0.25, 0.3) is 5.91 Å². The number of nitrogens with one attached hydrogen (secondary N) is 1. The highest BCUT2D eigenvalue weighted by molar-refractivity contribution is 5.88. The summed E-state index contributed by atoms with van der Waals surface area (Å²) in [4.78, 5) is 14.4. The molecule has 2 aromatic rings. The monoisotopic (exact) mass is 407 g/mol. The number of methoxy groups -OCH3 is 1. The van der Waals surface area contributed by atoms with Crippen LogP contribution in [0, 0.1) is 0 Å². The van der Waals surface area contributed by atoms with E-state index in [1.54, 1.807) is 37.6 Å². The minimum Gasteiger partial charge on any atom is -0.497 e. The van der Waals surface area contributed by atoms with Gasteiger partial charge in [-0.1, -0.05) is 12.1 Å². The second-order valence-corrected chi connectivity index (χ2v) is 7.76. The minimum absolute atomic E-state index is 0.0146. The highest BCUT2D eigenvalue weighted by atomic mass is 16.5. The van der Waals surface area contributed by atoms with Crippen molar-refractivity contribution in [1.29, 1.82) is 0 Å². The quantitative estimate of drug-likeness (QED) is 0.551. The zero-order valence-corrected chi connectivity index (χ0v) is 18.2. The van der Waals surface area contributed by atoms with Crippen LogP contribution in [0.2, 0.25) is 0 Å². The summed E-state index contributed by atoms with van der Waals surface area (Å²) < 4.78 is 10.5. The van der Waals surface area contributed by atoms with Crippen LogP contribution in [0.1, 0.15) is 38.8 Å². The van der Waals surface area contributed by atoms with Gasteiger partial charge in [0.1, 0.15) is 11.5 Å². The SMILES string of the molecule is CCN1c2ccc(/C=N/NC(=O)COc3ccc(OC)cc3)cc2C(C)=CC1(C)C. The highest BCUT2D eigenvalue weighted by Crippen LogP contribution is 2.38. The molecule has 1 N–H and O–H groups in total. The number of likely N-dealkylation sites (N-methyl/N-ethyl adjacent to an activating group) is 1. The Labute approximate surface area is 178 Å². The number of carbonyl (C=O) groups is 1. The summed E-state index contributed by atoms with van der Waals surface area (Å²) in [6.07, 6.45) is 3.94. The molecule has 0 aromatic heterocycles. The first-order valence-electron chi connectivity index (χ1n) is 10.0. The molecule has 3 rings (SSSR count). The second kappa shape index (κ2) is 9.03. The summed E-state index contributed by atoms with van der Waals surface area (Å²) in [6, 6.07) is 13.3. The van der Waals surface area contributed by atoms with Crippen LogP contribution in [-0.4, -0.2) is 37.9 Å². The molecule has 158 valence electrons. The average Bonchev–Trinajstić information content (AvgIpc) is 2.72. The average molecular weight is 408 g/mol. The van der Waals surface area contributed by atoms with Crippen LogP contribution in [0.5, 0.6) is 11.5 Å².